The van der Waals surface area contributed by atoms with Crippen molar-refractivity contribution in [3.8, 4) is 5.75 Å². The van der Waals surface area contributed by atoms with Crippen molar-refractivity contribution in [2.45, 2.75) is 13.1 Å². The van der Waals surface area contributed by atoms with Crippen molar-refractivity contribution < 1.29 is 42.5 Å². The van der Waals surface area contributed by atoms with Crippen LogP contribution in [0.3, 0.4) is 0 Å². The van der Waals surface area contributed by atoms with Crippen LogP contribution in [0.15, 0.2) is 66.7 Å². The van der Waals surface area contributed by atoms with E-state index in [4.69, 9.17) is 26.2 Å². The average Bonchev–Trinajstić information content (AvgIpc) is 2.94. The van der Waals surface area contributed by atoms with Crippen molar-refractivity contribution in [1.82, 2.24) is 4.90 Å². The van der Waals surface area contributed by atoms with Gasteiger partial charge in [0.2, 0.25) is 0 Å². The van der Waals surface area contributed by atoms with Crippen molar-refractivity contribution in [3.05, 3.63) is 88.4 Å². The third-order valence-electron chi connectivity index (χ3n) is 6.32. The highest BCUT2D eigenvalue weighted by Gasteiger charge is 2.38. The minimum absolute atomic E-state index is 0.173. The Balaban J connectivity index is 0.000000616. The molecule has 9 nitrogen and oxygen atoms in total. The molecule has 1 aliphatic rings. The maximum Gasteiger partial charge on any atom is 0.490 e. The third-order valence-corrected chi connectivity index (χ3v) is 6.57. The maximum atomic E-state index is 12.6. The van der Waals surface area contributed by atoms with Crippen LogP contribution in [-0.2, 0) is 4.79 Å². The predicted octanol–water partition coefficient (Wildman–Crippen LogP) is 5.43. The molecular formula is C29H29ClF3N3O6. The first kappa shape index (κ1) is 32.2. The second-order valence-corrected chi connectivity index (χ2v) is 9.68. The summed E-state index contributed by atoms with van der Waals surface area (Å²) in [5, 5.41) is 20.5. The molecular weight excluding hydrogens is 579 g/mol. The quantitative estimate of drug-likeness (QED) is 0.310. The summed E-state index contributed by atoms with van der Waals surface area (Å²) in [6.07, 6.45) is -5.08. The minimum Gasteiger partial charge on any atom is -0.492 e. The molecule has 3 aromatic rings. The largest absolute Gasteiger partial charge is 0.492 e. The molecule has 1 heterocycles. The van der Waals surface area contributed by atoms with E-state index in [1.807, 2.05) is 31.2 Å². The Bertz CT molecular complexity index is 1390. The molecule has 224 valence electrons. The van der Waals surface area contributed by atoms with E-state index < -0.39 is 18.1 Å². The highest BCUT2D eigenvalue weighted by Crippen LogP contribution is 2.26. The third kappa shape index (κ3) is 9.38. The lowest BCUT2D eigenvalue weighted by Crippen LogP contribution is -2.47. The molecule has 1 amide bonds. The van der Waals surface area contributed by atoms with Crippen molar-refractivity contribution >= 4 is 40.8 Å². The molecule has 1 aliphatic heterocycles. The molecule has 0 radical (unpaired) electrons. The van der Waals surface area contributed by atoms with Crippen molar-refractivity contribution in [2.24, 2.45) is 0 Å². The topological polar surface area (TPSA) is 119 Å². The molecule has 3 aromatic carbocycles. The highest BCUT2D eigenvalue weighted by atomic mass is 35.5. The van der Waals surface area contributed by atoms with E-state index in [2.05, 4.69) is 15.1 Å². The van der Waals surface area contributed by atoms with Gasteiger partial charge in [-0.3, -0.25) is 9.69 Å². The Morgan fingerprint density at radius 2 is 1.55 bits per heavy atom. The van der Waals surface area contributed by atoms with E-state index in [-0.39, 0.29) is 11.5 Å². The fraction of sp³-hybridized carbons (Fsp3) is 0.276. The van der Waals surface area contributed by atoms with Gasteiger partial charge < -0.3 is 25.2 Å². The standard InChI is InChI=1S/C27H28ClN3O4.C2HF3O2/c1-19-4-2-3-5-23(19)26(32)29-21-8-11-25(24(18-21)27(33)34)31-14-12-30(13-15-31)16-17-35-22-9-6-20(28)7-10-22;3-2(4,5)1(6)7/h2-11,18H,12-17H2,1H3,(H,29,32)(H,33,34);(H,6,7). The van der Waals surface area contributed by atoms with Crippen molar-refractivity contribution in [1.29, 1.82) is 0 Å². The van der Waals surface area contributed by atoms with Gasteiger partial charge in [-0.15, -0.1) is 0 Å². The zero-order valence-corrected chi connectivity index (χ0v) is 23.3. The predicted molar refractivity (Wildman–Crippen MR) is 152 cm³/mol. The number of carboxylic acids is 2. The molecule has 0 saturated carbocycles. The van der Waals surface area contributed by atoms with Gasteiger partial charge in [-0.05, 0) is 61.0 Å². The number of ether oxygens (including phenoxy) is 1. The van der Waals surface area contributed by atoms with Crippen molar-refractivity contribution in [2.75, 3.05) is 49.5 Å². The molecule has 0 spiro atoms. The van der Waals surface area contributed by atoms with E-state index >= 15 is 0 Å². The number of alkyl halides is 3. The van der Waals surface area contributed by atoms with E-state index in [0.717, 1.165) is 30.9 Å². The number of aliphatic carboxylic acids is 1. The number of hydrogen-bond acceptors (Lipinski definition) is 6. The normalized spacial score (nSPS) is 13.5. The van der Waals surface area contributed by atoms with Gasteiger partial charge in [-0.1, -0.05) is 29.8 Å². The molecule has 42 heavy (non-hydrogen) atoms. The number of amides is 1. The molecule has 0 aliphatic carbocycles. The molecule has 0 bridgehead atoms. The van der Waals surface area contributed by atoms with Crippen molar-refractivity contribution in [3.63, 3.8) is 0 Å². The molecule has 0 atom stereocenters. The Labute approximate surface area is 245 Å². The summed E-state index contributed by atoms with van der Waals surface area (Å²) < 4.78 is 37.5. The number of aryl methyl sites for hydroxylation is 1. The maximum absolute atomic E-state index is 12.6. The number of nitrogens with zero attached hydrogens (tertiary/aromatic N) is 2. The number of rotatable bonds is 8. The number of carbonyl (C=O) groups is 3. The van der Waals surface area contributed by atoms with Gasteiger partial charge >= 0.3 is 18.1 Å². The summed E-state index contributed by atoms with van der Waals surface area (Å²) in [5.74, 6) is -3.26. The number of halogens is 4. The van der Waals surface area contributed by atoms with Crippen LogP contribution >= 0.6 is 11.6 Å². The van der Waals surface area contributed by atoms with Gasteiger partial charge in [0.05, 0.1) is 11.3 Å². The number of piperazine rings is 1. The van der Waals surface area contributed by atoms with Crippen LogP contribution in [0.5, 0.6) is 5.75 Å². The average molecular weight is 608 g/mol. The van der Waals surface area contributed by atoms with Crippen LogP contribution in [0.25, 0.3) is 0 Å². The lowest BCUT2D eigenvalue weighted by atomic mass is 10.1. The summed E-state index contributed by atoms with van der Waals surface area (Å²) >= 11 is 5.90. The van der Waals surface area contributed by atoms with Gasteiger partial charge in [-0.2, -0.15) is 13.2 Å². The summed E-state index contributed by atoms with van der Waals surface area (Å²) in [5.41, 5.74) is 2.70. The molecule has 1 saturated heterocycles. The van der Waals surface area contributed by atoms with Crippen LogP contribution in [0.4, 0.5) is 24.5 Å². The molecule has 3 N–H and O–H groups in total. The second-order valence-electron chi connectivity index (χ2n) is 9.24. The first-order valence-corrected chi connectivity index (χ1v) is 13.1. The first-order valence-electron chi connectivity index (χ1n) is 12.7. The molecule has 1 fully saturated rings. The second kappa shape index (κ2) is 14.6. The summed E-state index contributed by atoms with van der Waals surface area (Å²) in [6, 6.07) is 19.6. The smallest absolute Gasteiger partial charge is 0.490 e. The Kier molecular flexibility index (Phi) is 11.2. The van der Waals surface area contributed by atoms with E-state index in [0.29, 0.717) is 41.7 Å². The van der Waals surface area contributed by atoms with E-state index in [1.54, 1.807) is 36.4 Å². The van der Waals surface area contributed by atoms with Crippen LogP contribution in [0.1, 0.15) is 26.3 Å². The van der Waals surface area contributed by atoms with Crippen LogP contribution in [-0.4, -0.2) is 78.5 Å². The van der Waals surface area contributed by atoms with Crippen LogP contribution in [0, 0.1) is 6.92 Å². The summed E-state index contributed by atoms with van der Waals surface area (Å²) in [6.45, 7) is 6.23. The first-order chi connectivity index (χ1) is 19.8. The summed E-state index contributed by atoms with van der Waals surface area (Å²) in [4.78, 5) is 37.9. The lowest BCUT2D eigenvalue weighted by Gasteiger charge is -2.36. The van der Waals surface area contributed by atoms with Crippen LogP contribution in [0.2, 0.25) is 5.02 Å². The van der Waals surface area contributed by atoms with Gasteiger partial charge in [-0.25, -0.2) is 9.59 Å². The number of anilines is 2. The van der Waals surface area contributed by atoms with Crippen LogP contribution < -0.4 is 15.0 Å². The fourth-order valence-electron chi connectivity index (χ4n) is 4.12. The SMILES string of the molecule is Cc1ccccc1C(=O)Nc1ccc(N2CCN(CCOc3ccc(Cl)cc3)CC2)c(C(=O)O)c1.O=C(O)C(F)(F)F. The number of benzene rings is 3. The Hall–Kier alpha value is -4.29. The number of hydrogen-bond donors (Lipinski definition) is 3. The number of carbonyl (C=O) groups excluding carboxylic acids is 1. The van der Waals surface area contributed by atoms with E-state index in [1.165, 1.54) is 6.07 Å². The van der Waals surface area contributed by atoms with Gasteiger partial charge in [0, 0.05) is 49.0 Å². The van der Waals surface area contributed by atoms with Gasteiger partial charge in [0.15, 0.2) is 0 Å². The fourth-order valence-corrected chi connectivity index (χ4v) is 4.25. The number of aromatic carboxylic acids is 1. The highest BCUT2D eigenvalue weighted by molar-refractivity contribution is 6.30. The molecule has 4 rings (SSSR count). The molecule has 0 aromatic heterocycles. The minimum atomic E-state index is -5.08. The molecule has 13 heteroatoms. The monoisotopic (exact) mass is 607 g/mol. The Morgan fingerprint density at radius 3 is 2.12 bits per heavy atom. The lowest BCUT2D eigenvalue weighted by molar-refractivity contribution is -0.192. The molecule has 0 unspecified atom stereocenters. The van der Waals surface area contributed by atoms with E-state index in [9.17, 15) is 27.9 Å². The Morgan fingerprint density at radius 1 is 0.929 bits per heavy atom. The number of carboxylic acid groups (broad SMARTS) is 2. The summed E-state index contributed by atoms with van der Waals surface area (Å²) in [7, 11) is 0. The van der Waals surface area contributed by atoms with Gasteiger partial charge in [0.25, 0.3) is 5.91 Å². The number of nitrogens with one attached hydrogen (secondary N) is 1. The zero-order valence-electron chi connectivity index (χ0n) is 22.5. The van der Waals surface area contributed by atoms with Gasteiger partial charge in [0.1, 0.15) is 12.4 Å². The zero-order chi connectivity index (χ0) is 30.9.